The minimum absolute atomic E-state index is 0.0224. The molecule has 0 saturated heterocycles. The molecule has 0 atom stereocenters. The van der Waals surface area contributed by atoms with Gasteiger partial charge >= 0.3 is 0 Å². The lowest BCUT2D eigenvalue weighted by Gasteiger charge is -2.14. The van der Waals surface area contributed by atoms with Gasteiger partial charge in [-0.2, -0.15) is 15.6 Å². The van der Waals surface area contributed by atoms with E-state index in [0.717, 1.165) is 18.5 Å². The quantitative estimate of drug-likeness (QED) is 0.418. The molecule has 10 nitrogen and oxygen atoms in total. The summed E-state index contributed by atoms with van der Waals surface area (Å²) in [7, 11) is 1.77. The van der Waals surface area contributed by atoms with Crippen LogP contribution in [-0.2, 0) is 7.05 Å². The number of aromatic nitrogens is 7. The van der Waals surface area contributed by atoms with Crippen LogP contribution in [-0.4, -0.2) is 34.5 Å². The number of aryl methyl sites for hydroxylation is 1. The number of halogens is 1. The van der Waals surface area contributed by atoms with Crippen molar-refractivity contribution in [3.8, 4) is 40.5 Å². The van der Waals surface area contributed by atoms with E-state index in [9.17, 15) is 19.7 Å². The summed E-state index contributed by atoms with van der Waals surface area (Å²) in [5, 5.41) is 33.8. The topological polar surface area (TPSA) is 142 Å². The maximum atomic E-state index is 14.3. The smallest absolute Gasteiger partial charge is 0.282 e. The molecule has 36 heavy (non-hydrogen) atoms. The van der Waals surface area contributed by atoms with Crippen LogP contribution < -0.4 is 5.56 Å². The zero-order chi connectivity index (χ0) is 25.0. The minimum Gasteiger partial charge on any atom is -0.317 e. The molecule has 1 aliphatic carbocycles. The molecule has 4 heterocycles. The Bertz CT molecular complexity index is 1830. The number of pyridine rings is 2. The number of benzene rings is 1. The van der Waals surface area contributed by atoms with Gasteiger partial charge < -0.3 is 4.57 Å². The summed E-state index contributed by atoms with van der Waals surface area (Å²) < 4.78 is 17.3. The van der Waals surface area contributed by atoms with E-state index in [2.05, 4.69) is 20.4 Å². The van der Waals surface area contributed by atoms with E-state index >= 15 is 0 Å². The second-order valence-corrected chi connectivity index (χ2v) is 8.63. The molecule has 0 spiro atoms. The number of aromatic amines is 1. The van der Waals surface area contributed by atoms with Crippen LogP contribution in [0.4, 0.5) is 4.39 Å². The van der Waals surface area contributed by atoms with Gasteiger partial charge in [0.1, 0.15) is 35.6 Å². The Morgan fingerprint density at radius 3 is 2.67 bits per heavy atom. The van der Waals surface area contributed by atoms with Crippen molar-refractivity contribution in [3.63, 3.8) is 0 Å². The standard InChI is InChI=1S/C25H16FN9O/c1-34-12-29-33-24(34)18-8-16(26)4-5-17(18)14-6-19(13-2-3-13)30-21(7-14)35-11-15(9-27)22-20(10-28)31-32-23(22)25(35)36/h4-8,11-13H,2-3H2,1H3,(H,31,32). The highest BCUT2D eigenvalue weighted by molar-refractivity contribution is 5.88. The summed E-state index contributed by atoms with van der Waals surface area (Å²) in [6, 6.07) is 12.0. The molecule has 174 valence electrons. The number of nitrogens with one attached hydrogen (secondary N) is 1. The SMILES string of the molecule is Cn1cnnc1-c1cc(F)ccc1-c1cc(C2CC2)nc(-n2cc(C#N)c3c(C#N)n[nH]c3c2=O)c1. The van der Waals surface area contributed by atoms with Crippen molar-refractivity contribution in [1.29, 1.82) is 10.5 Å². The van der Waals surface area contributed by atoms with E-state index in [-0.39, 0.29) is 28.1 Å². The van der Waals surface area contributed by atoms with E-state index in [4.69, 9.17) is 4.98 Å². The van der Waals surface area contributed by atoms with Crippen molar-refractivity contribution in [3.05, 3.63) is 76.0 Å². The summed E-state index contributed by atoms with van der Waals surface area (Å²) >= 11 is 0. The van der Waals surface area contributed by atoms with Crippen LogP contribution in [0, 0.1) is 28.5 Å². The maximum absolute atomic E-state index is 14.3. The third-order valence-corrected chi connectivity index (χ3v) is 6.27. The van der Waals surface area contributed by atoms with Gasteiger partial charge in [-0.1, -0.05) is 6.07 Å². The van der Waals surface area contributed by atoms with Crippen LogP contribution in [0.25, 0.3) is 39.2 Å². The Hall–Kier alpha value is -5.16. The third kappa shape index (κ3) is 3.34. The first kappa shape index (κ1) is 21.4. The predicted octanol–water partition coefficient (Wildman–Crippen LogP) is 3.33. The lowest BCUT2D eigenvalue weighted by Crippen LogP contribution is -2.20. The van der Waals surface area contributed by atoms with Gasteiger partial charge in [-0.25, -0.2) is 9.37 Å². The third-order valence-electron chi connectivity index (χ3n) is 6.27. The molecule has 0 unspecified atom stereocenters. The molecule has 0 radical (unpaired) electrons. The molecule has 1 N–H and O–H groups in total. The molecule has 0 bridgehead atoms. The first-order chi connectivity index (χ1) is 17.5. The first-order valence-corrected chi connectivity index (χ1v) is 11.1. The monoisotopic (exact) mass is 477 g/mol. The average Bonchev–Trinajstić information content (AvgIpc) is 3.51. The molecule has 1 aliphatic rings. The summed E-state index contributed by atoms with van der Waals surface area (Å²) in [5.41, 5.74) is 2.41. The lowest BCUT2D eigenvalue weighted by atomic mass is 9.98. The highest BCUT2D eigenvalue weighted by Crippen LogP contribution is 2.41. The zero-order valence-corrected chi connectivity index (χ0v) is 18.9. The van der Waals surface area contributed by atoms with Gasteiger partial charge in [0.25, 0.3) is 5.56 Å². The fourth-order valence-corrected chi connectivity index (χ4v) is 4.35. The first-order valence-electron chi connectivity index (χ1n) is 11.1. The van der Waals surface area contributed by atoms with E-state index in [1.807, 2.05) is 18.2 Å². The highest BCUT2D eigenvalue weighted by atomic mass is 19.1. The number of rotatable bonds is 4. The van der Waals surface area contributed by atoms with Gasteiger partial charge in [0.2, 0.25) is 0 Å². The Morgan fingerprint density at radius 2 is 1.97 bits per heavy atom. The molecule has 0 aliphatic heterocycles. The molecule has 1 fully saturated rings. The Morgan fingerprint density at radius 1 is 1.14 bits per heavy atom. The zero-order valence-electron chi connectivity index (χ0n) is 18.9. The van der Waals surface area contributed by atoms with Crippen LogP contribution in [0.1, 0.15) is 35.7 Å². The van der Waals surface area contributed by atoms with Gasteiger partial charge in [-0.05, 0) is 48.2 Å². The lowest BCUT2D eigenvalue weighted by molar-refractivity contribution is 0.628. The number of hydrogen-bond acceptors (Lipinski definition) is 7. The van der Waals surface area contributed by atoms with E-state index < -0.39 is 11.4 Å². The Labute approximate surface area is 202 Å². The van der Waals surface area contributed by atoms with Gasteiger partial charge in [0.15, 0.2) is 11.5 Å². The predicted molar refractivity (Wildman–Crippen MR) is 126 cm³/mol. The van der Waals surface area contributed by atoms with Crippen molar-refractivity contribution in [2.24, 2.45) is 7.05 Å². The highest BCUT2D eigenvalue weighted by Gasteiger charge is 2.27. The second-order valence-electron chi connectivity index (χ2n) is 8.63. The normalized spacial score (nSPS) is 13.0. The number of fused-ring (bicyclic) bond motifs is 1. The van der Waals surface area contributed by atoms with E-state index in [1.54, 1.807) is 23.7 Å². The fourth-order valence-electron chi connectivity index (χ4n) is 4.35. The number of nitrogens with zero attached hydrogens (tertiary/aromatic N) is 8. The van der Waals surface area contributed by atoms with Gasteiger partial charge in [-0.15, -0.1) is 10.2 Å². The summed E-state index contributed by atoms with van der Waals surface area (Å²) in [6.07, 6.45) is 4.85. The fraction of sp³-hybridized carbons (Fsp3) is 0.160. The Kier molecular flexibility index (Phi) is 4.73. The number of nitriles is 2. The summed E-state index contributed by atoms with van der Waals surface area (Å²) in [4.78, 5) is 18.1. The molecular formula is C25H16FN9O. The van der Waals surface area contributed by atoms with E-state index in [0.29, 0.717) is 28.3 Å². The Balaban J connectivity index is 1.62. The minimum atomic E-state index is -0.489. The molecule has 0 amide bonds. The molecule has 1 aromatic carbocycles. The number of H-pyrrole nitrogens is 1. The van der Waals surface area contributed by atoms with Crippen LogP contribution in [0.15, 0.2) is 47.7 Å². The van der Waals surface area contributed by atoms with Gasteiger partial charge in [-0.3, -0.25) is 14.5 Å². The van der Waals surface area contributed by atoms with Crippen LogP contribution in [0.3, 0.4) is 0 Å². The van der Waals surface area contributed by atoms with Gasteiger partial charge in [0, 0.05) is 30.4 Å². The second kappa shape index (κ2) is 7.96. The van der Waals surface area contributed by atoms with Crippen molar-refractivity contribution in [2.75, 3.05) is 0 Å². The van der Waals surface area contributed by atoms with Crippen molar-refractivity contribution < 1.29 is 4.39 Å². The van der Waals surface area contributed by atoms with Crippen molar-refractivity contribution in [2.45, 2.75) is 18.8 Å². The molecule has 5 aromatic rings. The maximum Gasteiger partial charge on any atom is 0.282 e. The van der Waals surface area contributed by atoms with Crippen LogP contribution >= 0.6 is 0 Å². The van der Waals surface area contributed by atoms with E-state index in [1.165, 1.54) is 29.2 Å². The summed E-state index contributed by atoms with van der Waals surface area (Å²) in [6.45, 7) is 0. The molecule has 6 rings (SSSR count). The summed E-state index contributed by atoms with van der Waals surface area (Å²) in [5.74, 6) is 0.623. The van der Waals surface area contributed by atoms with Crippen molar-refractivity contribution in [1.82, 2.24) is 34.5 Å². The van der Waals surface area contributed by atoms with Crippen molar-refractivity contribution >= 4 is 10.9 Å². The largest absolute Gasteiger partial charge is 0.317 e. The molecule has 11 heteroatoms. The van der Waals surface area contributed by atoms with Gasteiger partial charge in [0.05, 0.1) is 10.9 Å². The molecular weight excluding hydrogens is 461 g/mol. The number of hydrogen-bond donors (Lipinski definition) is 1. The van der Waals surface area contributed by atoms with Crippen LogP contribution in [0.5, 0.6) is 0 Å². The van der Waals surface area contributed by atoms with Crippen LogP contribution in [0.2, 0.25) is 0 Å². The molecule has 4 aromatic heterocycles. The molecule has 1 saturated carbocycles. The average molecular weight is 477 g/mol.